The smallest absolute Gasteiger partial charge is 0.127 e. The number of pyridine rings is 1. The minimum absolute atomic E-state index is 0.235. The lowest BCUT2D eigenvalue weighted by Crippen LogP contribution is -2.15. The summed E-state index contributed by atoms with van der Waals surface area (Å²) in [5, 5.41) is 0. The number of hydrogen-bond donors (Lipinski definition) is 1. The number of nitrogens with zero attached hydrogens (tertiary/aromatic N) is 1. The number of aryl methyl sites for hydroxylation is 1. The average molecular weight is 309 g/mol. The molecule has 1 aromatic carbocycles. The van der Waals surface area contributed by atoms with Crippen LogP contribution >= 0.6 is 15.9 Å². The molecular formula is C14H14BrFN2. The van der Waals surface area contributed by atoms with Crippen LogP contribution in [0, 0.1) is 12.7 Å². The third-order valence-corrected chi connectivity index (χ3v) is 3.40. The Bertz CT molecular complexity index is 557. The molecule has 1 atom stereocenters. The van der Waals surface area contributed by atoms with Crippen LogP contribution in [0.25, 0.3) is 0 Å². The molecule has 2 N–H and O–H groups in total. The number of nitrogens with two attached hydrogens (primary N) is 1. The highest BCUT2D eigenvalue weighted by molar-refractivity contribution is 9.10. The number of hydrogen-bond acceptors (Lipinski definition) is 2. The van der Waals surface area contributed by atoms with Gasteiger partial charge in [-0.05, 0) is 42.7 Å². The van der Waals surface area contributed by atoms with Crippen LogP contribution in [0.3, 0.4) is 0 Å². The van der Waals surface area contributed by atoms with Crippen LogP contribution in [0.2, 0.25) is 0 Å². The Morgan fingerprint density at radius 2 is 2.17 bits per heavy atom. The summed E-state index contributed by atoms with van der Waals surface area (Å²) < 4.78 is 14.5. The van der Waals surface area contributed by atoms with Crippen LogP contribution in [0.4, 0.5) is 4.39 Å². The lowest BCUT2D eigenvalue weighted by Gasteiger charge is -2.14. The standard InChI is InChI=1S/C14H14BrFN2/c1-9-12(3-2-6-18-9)14(17)7-10-4-5-11(15)8-13(10)16/h2-6,8,14H,7,17H2,1H3. The van der Waals surface area contributed by atoms with E-state index in [0.29, 0.717) is 12.0 Å². The summed E-state index contributed by atoms with van der Waals surface area (Å²) in [7, 11) is 0. The first-order valence-corrected chi connectivity index (χ1v) is 6.48. The van der Waals surface area contributed by atoms with Gasteiger partial charge in [0.25, 0.3) is 0 Å². The van der Waals surface area contributed by atoms with E-state index >= 15 is 0 Å². The van der Waals surface area contributed by atoms with E-state index in [2.05, 4.69) is 20.9 Å². The molecule has 1 heterocycles. The normalized spacial score (nSPS) is 12.4. The van der Waals surface area contributed by atoms with E-state index in [4.69, 9.17) is 5.73 Å². The molecular weight excluding hydrogens is 295 g/mol. The molecule has 2 nitrogen and oxygen atoms in total. The predicted molar refractivity (Wildman–Crippen MR) is 73.7 cm³/mol. The molecule has 0 fully saturated rings. The van der Waals surface area contributed by atoms with Gasteiger partial charge in [0.15, 0.2) is 0 Å². The molecule has 0 radical (unpaired) electrons. The number of halogens is 2. The average Bonchev–Trinajstić information content (AvgIpc) is 2.33. The Balaban J connectivity index is 2.21. The van der Waals surface area contributed by atoms with Gasteiger partial charge in [-0.3, -0.25) is 4.98 Å². The molecule has 2 rings (SSSR count). The van der Waals surface area contributed by atoms with Gasteiger partial charge in [0.2, 0.25) is 0 Å². The predicted octanol–water partition coefficient (Wildman–Crippen LogP) is 3.53. The number of benzene rings is 1. The van der Waals surface area contributed by atoms with Crippen molar-refractivity contribution in [2.24, 2.45) is 5.73 Å². The fourth-order valence-electron chi connectivity index (χ4n) is 1.92. The first kappa shape index (κ1) is 13.2. The van der Waals surface area contributed by atoms with E-state index in [1.165, 1.54) is 6.07 Å². The molecule has 1 aromatic heterocycles. The van der Waals surface area contributed by atoms with Crippen LogP contribution in [-0.2, 0) is 6.42 Å². The third-order valence-electron chi connectivity index (χ3n) is 2.90. The second kappa shape index (κ2) is 5.59. The Morgan fingerprint density at radius 3 is 2.83 bits per heavy atom. The molecule has 0 bridgehead atoms. The third kappa shape index (κ3) is 2.94. The van der Waals surface area contributed by atoms with Crippen molar-refractivity contribution in [3.63, 3.8) is 0 Å². The summed E-state index contributed by atoms with van der Waals surface area (Å²) in [5.74, 6) is -0.235. The Morgan fingerprint density at radius 1 is 1.39 bits per heavy atom. The first-order valence-electron chi connectivity index (χ1n) is 5.69. The fourth-order valence-corrected chi connectivity index (χ4v) is 2.26. The molecule has 1 unspecified atom stereocenters. The maximum Gasteiger partial charge on any atom is 0.127 e. The van der Waals surface area contributed by atoms with Crippen LogP contribution < -0.4 is 5.73 Å². The largest absolute Gasteiger partial charge is 0.324 e. The van der Waals surface area contributed by atoms with Crippen LogP contribution in [0.15, 0.2) is 41.0 Å². The summed E-state index contributed by atoms with van der Waals surface area (Å²) in [6, 6.07) is 8.57. The SMILES string of the molecule is Cc1ncccc1C(N)Cc1ccc(Br)cc1F. The zero-order valence-corrected chi connectivity index (χ0v) is 11.6. The van der Waals surface area contributed by atoms with Crippen molar-refractivity contribution in [3.05, 3.63) is 63.6 Å². The highest BCUT2D eigenvalue weighted by Crippen LogP contribution is 2.22. The molecule has 0 saturated carbocycles. The molecule has 2 aromatic rings. The van der Waals surface area contributed by atoms with Gasteiger partial charge >= 0.3 is 0 Å². The van der Waals surface area contributed by atoms with Gasteiger partial charge in [0, 0.05) is 22.4 Å². The second-order valence-electron chi connectivity index (χ2n) is 4.22. The minimum atomic E-state index is -0.241. The summed E-state index contributed by atoms with van der Waals surface area (Å²) in [4.78, 5) is 4.20. The lowest BCUT2D eigenvalue weighted by atomic mass is 9.98. The second-order valence-corrected chi connectivity index (χ2v) is 5.14. The Kier molecular flexibility index (Phi) is 4.09. The van der Waals surface area contributed by atoms with Gasteiger partial charge in [-0.2, -0.15) is 0 Å². The van der Waals surface area contributed by atoms with Gasteiger partial charge in [0.1, 0.15) is 5.82 Å². The van der Waals surface area contributed by atoms with Crippen molar-refractivity contribution >= 4 is 15.9 Å². The van der Waals surface area contributed by atoms with Gasteiger partial charge in [-0.25, -0.2) is 4.39 Å². The first-order chi connectivity index (χ1) is 8.58. The van der Waals surface area contributed by atoms with Gasteiger partial charge < -0.3 is 5.73 Å². The van der Waals surface area contributed by atoms with E-state index in [9.17, 15) is 4.39 Å². The van der Waals surface area contributed by atoms with Crippen molar-refractivity contribution in [1.29, 1.82) is 0 Å². The summed E-state index contributed by atoms with van der Waals surface area (Å²) in [6.45, 7) is 1.91. The lowest BCUT2D eigenvalue weighted by molar-refractivity contribution is 0.591. The van der Waals surface area contributed by atoms with Gasteiger partial charge in [-0.15, -0.1) is 0 Å². The van der Waals surface area contributed by atoms with Crippen molar-refractivity contribution < 1.29 is 4.39 Å². The highest BCUT2D eigenvalue weighted by Gasteiger charge is 2.12. The molecule has 94 valence electrons. The molecule has 0 aliphatic rings. The van der Waals surface area contributed by atoms with E-state index in [0.717, 1.165) is 15.7 Å². The Labute approximate surface area is 114 Å². The molecule has 0 aliphatic carbocycles. The summed E-state index contributed by atoms with van der Waals surface area (Å²) in [6.07, 6.45) is 2.19. The molecule has 0 amide bonds. The monoisotopic (exact) mass is 308 g/mol. The number of rotatable bonds is 3. The number of aromatic nitrogens is 1. The minimum Gasteiger partial charge on any atom is -0.324 e. The maximum atomic E-state index is 13.7. The molecule has 4 heteroatoms. The molecule has 18 heavy (non-hydrogen) atoms. The van der Waals surface area contributed by atoms with E-state index < -0.39 is 0 Å². The molecule has 0 aliphatic heterocycles. The summed E-state index contributed by atoms with van der Waals surface area (Å²) in [5.41, 5.74) is 8.59. The van der Waals surface area contributed by atoms with Crippen molar-refractivity contribution in [2.45, 2.75) is 19.4 Å². The Hall–Kier alpha value is -1.26. The van der Waals surface area contributed by atoms with E-state index in [1.807, 2.05) is 25.1 Å². The van der Waals surface area contributed by atoms with Crippen LogP contribution in [-0.4, -0.2) is 4.98 Å². The summed E-state index contributed by atoms with van der Waals surface area (Å²) >= 11 is 3.24. The van der Waals surface area contributed by atoms with Gasteiger partial charge in [0.05, 0.1) is 0 Å². The maximum absolute atomic E-state index is 13.7. The van der Waals surface area contributed by atoms with E-state index in [-0.39, 0.29) is 11.9 Å². The molecule has 0 spiro atoms. The fraction of sp³-hybridized carbons (Fsp3) is 0.214. The topological polar surface area (TPSA) is 38.9 Å². The highest BCUT2D eigenvalue weighted by atomic mass is 79.9. The van der Waals surface area contributed by atoms with Crippen LogP contribution in [0.1, 0.15) is 22.9 Å². The zero-order valence-electron chi connectivity index (χ0n) is 10.0. The van der Waals surface area contributed by atoms with E-state index in [1.54, 1.807) is 12.3 Å². The molecule has 0 saturated heterocycles. The van der Waals surface area contributed by atoms with Gasteiger partial charge in [-0.1, -0.05) is 28.1 Å². The van der Waals surface area contributed by atoms with Crippen molar-refractivity contribution in [1.82, 2.24) is 4.98 Å². The van der Waals surface area contributed by atoms with Crippen molar-refractivity contribution in [3.8, 4) is 0 Å². The van der Waals surface area contributed by atoms with Crippen molar-refractivity contribution in [2.75, 3.05) is 0 Å². The quantitative estimate of drug-likeness (QED) is 0.942. The van der Waals surface area contributed by atoms with Crippen LogP contribution in [0.5, 0.6) is 0 Å². The zero-order chi connectivity index (χ0) is 13.1.